The summed E-state index contributed by atoms with van der Waals surface area (Å²) in [7, 11) is -1.39. The molecule has 0 aliphatic rings. The minimum atomic E-state index is -3.17. The molecule has 0 aliphatic heterocycles. The normalized spacial score (nSPS) is 14.3. The van der Waals surface area contributed by atoms with Gasteiger partial charge < -0.3 is 10.2 Å². The van der Waals surface area contributed by atoms with Gasteiger partial charge in [0.05, 0.1) is 5.25 Å². The van der Waals surface area contributed by atoms with E-state index in [1.54, 1.807) is 18.3 Å². The molecule has 116 valence electrons. The summed E-state index contributed by atoms with van der Waals surface area (Å²) in [6.07, 6.45) is 0.890. The Hall–Kier alpha value is -0.170. The molecule has 6 heteroatoms. The molecule has 1 atom stereocenters. The van der Waals surface area contributed by atoms with Gasteiger partial charge in [-0.3, -0.25) is 0 Å². The first-order valence-electron chi connectivity index (χ1n) is 7.29. The second-order valence-corrected chi connectivity index (χ2v) is 7.14. The van der Waals surface area contributed by atoms with Gasteiger partial charge in [-0.05, 0) is 40.0 Å². The van der Waals surface area contributed by atoms with Crippen LogP contribution in [0.5, 0.6) is 0 Å². The first kappa shape index (κ1) is 18.8. The summed E-state index contributed by atoms with van der Waals surface area (Å²) in [5.41, 5.74) is 0. The average molecular weight is 293 g/mol. The maximum Gasteiger partial charge on any atom is 0.217 e. The number of nitrogens with zero attached hydrogens (tertiary/aromatic N) is 2. The van der Waals surface area contributed by atoms with Crippen molar-refractivity contribution in [2.45, 2.75) is 39.4 Å². The molecular formula is C13H31N3O2S. The highest BCUT2D eigenvalue weighted by Crippen LogP contribution is 2.09. The van der Waals surface area contributed by atoms with Crippen LogP contribution in [0.25, 0.3) is 0 Å². The fraction of sp³-hybridized carbons (Fsp3) is 1.00. The fourth-order valence-corrected chi connectivity index (χ4v) is 3.75. The van der Waals surface area contributed by atoms with Crippen LogP contribution in [0.15, 0.2) is 0 Å². The first-order chi connectivity index (χ1) is 8.93. The van der Waals surface area contributed by atoms with Gasteiger partial charge in [0.1, 0.15) is 0 Å². The molecular weight excluding hydrogens is 262 g/mol. The van der Waals surface area contributed by atoms with Crippen LogP contribution in [0.1, 0.15) is 34.1 Å². The monoisotopic (exact) mass is 293 g/mol. The second-order valence-electron chi connectivity index (χ2n) is 4.79. The van der Waals surface area contributed by atoms with Crippen molar-refractivity contribution in [2.75, 3.05) is 46.3 Å². The summed E-state index contributed by atoms with van der Waals surface area (Å²) in [4.78, 5) is 2.32. The predicted octanol–water partition coefficient (Wildman–Crippen LogP) is 0.978. The maximum atomic E-state index is 12.3. The molecule has 1 N–H and O–H groups in total. The van der Waals surface area contributed by atoms with E-state index < -0.39 is 10.0 Å². The van der Waals surface area contributed by atoms with Gasteiger partial charge in [-0.15, -0.1) is 0 Å². The highest BCUT2D eigenvalue weighted by Gasteiger charge is 2.26. The number of hydrogen-bond donors (Lipinski definition) is 1. The molecule has 0 radical (unpaired) electrons. The van der Waals surface area contributed by atoms with Crippen LogP contribution in [-0.4, -0.2) is 69.2 Å². The van der Waals surface area contributed by atoms with Gasteiger partial charge in [0, 0.05) is 19.6 Å². The number of sulfonamides is 1. The number of hydrogen-bond acceptors (Lipinski definition) is 4. The van der Waals surface area contributed by atoms with Crippen molar-refractivity contribution in [3.63, 3.8) is 0 Å². The second kappa shape index (κ2) is 9.69. The fourth-order valence-electron chi connectivity index (χ4n) is 2.12. The zero-order valence-electron chi connectivity index (χ0n) is 13.1. The molecule has 0 heterocycles. The lowest BCUT2D eigenvalue weighted by molar-refractivity contribution is 0.285. The minimum absolute atomic E-state index is 0.370. The van der Waals surface area contributed by atoms with E-state index in [9.17, 15) is 8.42 Å². The van der Waals surface area contributed by atoms with Crippen molar-refractivity contribution < 1.29 is 8.42 Å². The third-order valence-corrected chi connectivity index (χ3v) is 5.83. The van der Waals surface area contributed by atoms with Gasteiger partial charge in [-0.2, -0.15) is 0 Å². The highest BCUT2D eigenvalue weighted by molar-refractivity contribution is 7.89. The molecule has 0 aromatic heterocycles. The van der Waals surface area contributed by atoms with E-state index in [4.69, 9.17) is 0 Å². The topological polar surface area (TPSA) is 52.7 Å². The van der Waals surface area contributed by atoms with Crippen LogP contribution < -0.4 is 5.32 Å². The zero-order chi connectivity index (χ0) is 14.9. The van der Waals surface area contributed by atoms with Crippen LogP contribution in [-0.2, 0) is 10.0 Å². The van der Waals surface area contributed by atoms with E-state index in [0.29, 0.717) is 19.6 Å². The molecule has 0 fully saturated rings. The Morgan fingerprint density at radius 1 is 1.05 bits per heavy atom. The van der Waals surface area contributed by atoms with Gasteiger partial charge in [0.15, 0.2) is 0 Å². The smallest absolute Gasteiger partial charge is 0.217 e. The number of nitrogens with one attached hydrogen (secondary N) is 1. The Kier molecular flexibility index (Phi) is 9.60. The Morgan fingerprint density at radius 3 is 2.05 bits per heavy atom. The zero-order valence-corrected chi connectivity index (χ0v) is 14.0. The van der Waals surface area contributed by atoms with Crippen LogP contribution in [0.3, 0.4) is 0 Å². The molecule has 0 amide bonds. The van der Waals surface area contributed by atoms with Gasteiger partial charge in [-0.25, -0.2) is 12.7 Å². The van der Waals surface area contributed by atoms with Crippen LogP contribution in [0, 0.1) is 0 Å². The van der Waals surface area contributed by atoms with Crippen molar-refractivity contribution in [2.24, 2.45) is 0 Å². The molecule has 0 bridgehead atoms. The van der Waals surface area contributed by atoms with Crippen LogP contribution >= 0.6 is 0 Å². The van der Waals surface area contributed by atoms with E-state index in [1.165, 1.54) is 0 Å². The third-order valence-electron chi connectivity index (χ3n) is 3.49. The summed E-state index contributed by atoms with van der Waals surface area (Å²) in [5, 5.41) is 2.56. The lowest BCUT2D eigenvalue weighted by Gasteiger charge is -2.26. The molecule has 0 saturated carbocycles. The number of rotatable bonds is 11. The van der Waals surface area contributed by atoms with Crippen molar-refractivity contribution in [3.05, 3.63) is 0 Å². The van der Waals surface area contributed by atoms with Crippen molar-refractivity contribution in [3.8, 4) is 0 Å². The molecule has 0 spiro atoms. The summed E-state index contributed by atoms with van der Waals surface area (Å²) < 4.78 is 26.3. The van der Waals surface area contributed by atoms with Gasteiger partial charge in [0.2, 0.25) is 10.0 Å². The van der Waals surface area contributed by atoms with Crippen LogP contribution in [0.2, 0.25) is 0 Å². The van der Waals surface area contributed by atoms with E-state index in [0.717, 1.165) is 26.1 Å². The molecule has 0 saturated heterocycles. The Bertz CT molecular complexity index is 316. The molecule has 1 unspecified atom stereocenters. The molecule has 5 nitrogen and oxygen atoms in total. The summed E-state index contributed by atoms with van der Waals surface area (Å²) in [6.45, 7) is 12.6. The first-order valence-corrected chi connectivity index (χ1v) is 8.80. The summed E-state index contributed by atoms with van der Waals surface area (Å²) in [5.74, 6) is 0. The molecule has 0 aromatic carbocycles. The Balaban J connectivity index is 4.41. The standard InChI is InChI=1S/C13H31N3O2S/c1-6-15(7-2)10-9-11-16(8-3)19(17,18)13(4)12-14-5/h13-14H,6-12H2,1-5H3. The van der Waals surface area contributed by atoms with Gasteiger partial charge >= 0.3 is 0 Å². The van der Waals surface area contributed by atoms with Crippen LogP contribution in [0.4, 0.5) is 0 Å². The summed E-state index contributed by atoms with van der Waals surface area (Å²) >= 11 is 0. The van der Waals surface area contributed by atoms with E-state index in [-0.39, 0.29) is 5.25 Å². The lowest BCUT2D eigenvalue weighted by atomic mass is 10.3. The van der Waals surface area contributed by atoms with E-state index in [2.05, 4.69) is 24.1 Å². The van der Waals surface area contributed by atoms with Gasteiger partial charge in [0.25, 0.3) is 0 Å². The Labute approximate surface area is 119 Å². The third kappa shape index (κ3) is 6.21. The average Bonchev–Trinajstić information content (AvgIpc) is 2.39. The van der Waals surface area contributed by atoms with Crippen molar-refractivity contribution in [1.82, 2.24) is 14.5 Å². The van der Waals surface area contributed by atoms with Crippen molar-refractivity contribution >= 4 is 10.0 Å². The highest BCUT2D eigenvalue weighted by atomic mass is 32.2. The molecule has 0 rings (SSSR count). The minimum Gasteiger partial charge on any atom is -0.318 e. The van der Waals surface area contributed by atoms with E-state index >= 15 is 0 Å². The SMILES string of the molecule is CCN(CC)CCCN(CC)S(=O)(=O)C(C)CNC. The quantitative estimate of drug-likeness (QED) is 0.617. The molecule has 0 aromatic rings. The predicted molar refractivity (Wildman–Crippen MR) is 82.0 cm³/mol. The molecule has 0 aliphatic carbocycles. The van der Waals surface area contributed by atoms with Gasteiger partial charge in [-0.1, -0.05) is 20.8 Å². The van der Waals surface area contributed by atoms with Crippen molar-refractivity contribution in [1.29, 1.82) is 0 Å². The largest absolute Gasteiger partial charge is 0.318 e. The Morgan fingerprint density at radius 2 is 1.63 bits per heavy atom. The van der Waals surface area contributed by atoms with E-state index in [1.807, 2.05) is 6.92 Å². The summed E-state index contributed by atoms with van der Waals surface area (Å²) in [6, 6.07) is 0. The molecule has 19 heavy (non-hydrogen) atoms. The lowest BCUT2D eigenvalue weighted by Crippen LogP contribution is -2.42. The maximum absolute atomic E-state index is 12.3.